The molecule has 1 saturated heterocycles. The second kappa shape index (κ2) is 10.1. The molecular weight excluding hydrogens is 426 g/mol. The van der Waals surface area contributed by atoms with Gasteiger partial charge in [0.2, 0.25) is 0 Å². The largest absolute Gasteiger partial charge is 0.455 e. The van der Waals surface area contributed by atoms with Crippen molar-refractivity contribution < 1.29 is 14.3 Å². The minimum Gasteiger partial charge on any atom is -0.455 e. The molecule has 0 aromatic heterocycles. The smallest absolute Gasteiger partial charge is 0.261 e. The molecule has 6 nitrogen and oxygen atoms in total. The van der Waals surface area contributed by atoms with Crippen LogP contribution in [0.2, 0.25) is 0 Å². The predicted molar refractivity (Wildman–Crippen MR) is 133 cm³/mol. The molecule has 2 aliphatic heterocycles. The van der Waals surface area contributed by atoms with Crippen LogP contribution in [0.3, 0.4) is 0 Å². The maximum atomic E-state index is 12.5. The normalized spacial score (nSPS) is 16.1. The Hall–Kier alpha value is -3.64. The third-order valence-corrected chi connectivity index (χ3v) is 6.53. The van der Waals surface area contributed by atoms with E-state index in [2.05, 4.69) is 21.9 Å². The van der Waals surface area contributed by atoms with Gasteiger partial charge in [0.25, 0.3) is 11.8 Å². The third kappa shape index (κ3) is 4.68. The Morgan fingerprint density at radius 1 is 0.647 bits per heavy atom. The molecule has 3 aromatic rings. The lowest BCUT2D eigenvalue weighted by atomic mass is 10.1. The standard InChI is InChI=1S/C28H29N3O3/c32-27-23-12-4-5-13-24(23)28(33)31(27)17-9-8-16-29-18-20-30(21-19-29)25-14-6-7-15-26(25)34-22-10-2-1-3-11-22/h1-7,10-15H,8-9,16-21H2. The van der Waals surface area contributed by atoms with Crippen molar-refractivity contribution >= 4 is 17.5 Å². The van der Waals surface area contributed by atoms with E-state index in [0.717, 1.165) is 62.8 Å². The van der Waals surface area contributed by atoms with Crippen LogP contribution in [0.15, 0.2) is 78.9 Å². The molecular formula is C28H29N3O3. The number of para-hydroxylation sites is 3. The number of piperazine rings is 1. The molecule has 0 spiro atoms. The fourth-order valence-corrected chi connectivity index (χ4v) is 4.68. The number of rotatable bonds is 8. The summed E-state index contributed by atoms with van der Waals surface area (Å²) in [6.45, 7) is 5.29. The van der Waals surface area contributed by atoms with Crippen molar-refractivity contribution in [3.8, 4) is 11.5 Å². The minimum atomic E-state index is -0.161. The lowest BCUT2D eigenvalue weighted by molar-refractivity contribution is 0.0650. The maximum Gasteiger partial charge on any atom is 0.261 e. The molecule has 0 unspecified atom stereocenters. The summed E-state index contributed by atoms with van der Waals surface area (Å²) in [6, 6.07) is 25.2. The highest BCUT2D eigenvalue weighted by Crippen LogP contribution is 2.32. The lowest BCUT2D eigenvalue weighted by Crippen LogP contribution is -2.46. The van der Waals surface area contributed by atoms with E-state index in [-0.39, 0.29) is 11.8 Å². The van der Waals surface area contributed by atoms with Crippen LogP contribution in [-0.4, -0.2) is 60.9 Å². The summed E-state index contributed by atoms with van der Waals surface area (Å²) < 4.78 is 6.14. The van der Waals surface area contributed by atoms with E-state index < -0.39 is 0 Å². The highest BCUT2D eigenvalue weighted by atomic mass is 16.5. The maximum absolute atomic E-state index is 12.5. The van der Waals surface area contributed by atoms with E-state index in [0.29, 0.717) is 17.7 Å². The minimum absolute atomic E-state index is 0.161. The zero-order valence-corrected chi connectivity index (χ0v) is 19.2. The monoisotopic (exact) mass is 455 g/mol. The zero-order valence-electron chi connectivity index (χ0n) is 19.2. The number of nitrogens with zero attached hydrogens (tertiary/aromatic N) is 3. The van der Waals surface area contributed by atoms with Gasteiger partial charge in [-0.3, -0.25) is 19.4 Å². The fraction of sp³-hybridized carbons (Fsp3) is 0.286. The topological polar surface area (TPSA) is 53.1 Å². The average molecular weight is 456 g/mol. The first-order valence-electron chi connectivity index (χ1n) is 12.0. The number of anilines is 1. The quantitative estimate of drug-likeness (QED) is 0.365. The van der Waals surface area contributed by atoms with Gasteiger partial charge in [0.05, 0.1) is 16.8 Å². The first-order chi connectivity index (χ1) is 16.7. The Bertz CT molecular complexity index is 1120. The molecule has 174 valence electrons. The van der Waals surface area contributed by atoms with Gasteiger partial charge in [-0.15, -0.1) is 0 Å². The first kappa shape index (κ1) is 22.2. The number of benzene rings is 3. The van der Waals surface area contributed by atoms with Crippen molar-refractivity contribution in [2.75, 3.05) is 44.2 Å². The van der Waals surface area contributed by atoms with Gasteiger partial charge in [0.15, 0.2) is 5.75 Å². The van der Waals surface area contributed by atoms with Crippen LogP contribution in [-0.2, 0) is 0 Å². The highest BCUT2D eigenvalue weighted by molar-refractivity contribution is 6.21. The second-order valence-corrected chi connectivity index (χ2v) is 8.73. The summed E-state index contributed by atoms with van der Waals surface area (Å²) in [6.07, 6.45) is 1.78. The predicted octanol–water partition coefficient (Wildman–Crippen LogP) is 4.68. The van der Waals surface area contributed by atoms with Crippen LogP contribution >= 0.6 is 0 Å². The van der Waals surface area contributed by atoms with Crippen molar-refractivity contribution in [2.45, 2.75) is 12.8 Å². The summed E-state index contributed by atoms with van der Waals surface area (Å²) in [7, 11) is 0. The van der Waals surface area contributed by atoms with E-state index in [1.165, 1.54) is 4.90 Å². The van der Waals surface area contributed by atoms with Gasteiger partial charge in [-0.1, -0.05) is 42.5 Å². The van der Waals surface area contributed by atoms with E-state index in [4.69, 9.17) is 4.74 Å². The van der Waals surface area contributed by atoms with Crippen molar-refractivity contribution in [3.05, 3.63) is 90.0 Å². The number of ether oxygens (including phenoxy) is 1. The molecule has 5 rings (SSSR count). The van der Waals surface area contributed by atoms with Crippen LogP contribution in [0.1, 0.15) is 33.6 Å². The lowest BCUT2D eigenvalue weighted by Gasteiger charge is -2.36. The summed E-state index contributed by atoms with van der Waals surface area (Å²) in [5, 5.41) is 0. The first-order valence-corrected chi connectivity index (χ1v) is 12.0. The Morgan fingerprint density at radius 2 is 1.24 bits per heavy atom. The number of carbonyl (C=O) groups excluding carboxylic acids is 2. The summed E-state index contributed by atoms with van der Waals surface area (Å²) >= 11 is 0. The molecule has 2 heterocycles. The molecule has 0 radical (unpaired) electrons. The van der Waals surface area contributed by atoms with Gasteiger partial charge in [0, 0.05) is 32.7 Å². The van der Waals surface area contributed by atoms with Crippen LogP contribution < -0.4 is 9.64 Å². The van der Waals surface area contributed by atoms with E-state index in [9.17, 15) is 9.59 Å². The van der Waals surface area contributed by atoms with E-state index in [1.807, 2.05) is 42.5 Å². The van der Waals surface area contributed by atoms with Crippen LogP contribution in [0.25, 0.3) is 0 Å². The number of amides is 2. The Kier molecular flexibility index (Phi) is 6.58. The van der Waals surface area contributed by atoms with Crippen molar-refractivity contribution in [1.29, 1.82) is 0 Å². The second-order valence-electron chi connectivity index (χ2n) is 8.73. The Labute approximate surface area is 200 Å². The number of hydrogen-bond donors (Lipinski definition) is 0. The van der Waals surface area contributed by atoms with E-state index in [1.54, 1.807) is 24.3 Å². The molecule has 0 saturated carbocycles. The van der Waals surface area contributed by atoms with Gasteiger partial charge in [-0.05, 0) is 55.8 Å². The molecule has 0 aliphatic carbocycles. The van der Waals surface area contributed by atoms with Crippen LogP contribution in [0, 0.1) is 0 Å². The summed E-state index contributed by atoms with van der Waals surface area (Å²) in [5.74, 6) is 1.39. The molecule has 6 heteroatoms. The fourth-order valence-electron chi connectivity index (χ4n) is 4.68. The average Bonchev–Trinajstić information content (AvgIpc) is 3.13. The Balaban J connectivity index is 1.09. The highest BCUT2D eigenvalue weighted by Gasteiger charge is 2.34. The van der Waals surface area contributed by atoms with E-state index >= 15 is 0 Å². The third-order valence-electron chi connectivity index (χ3n) is 6.53. The number of imide groups is 1. The molecule has 2 aliphatic rings. The van der Waals surface area contributed by atoms with Crippen LogP contribution in [0.4, 0.5) is 5.69 Å². The molecule has 0 bridgehead atoms. The van der Waals surface area contributed by atoms with Crippen molar-refractivity contribution in [3.63, 3.8) is 0 Å². The van der Waals surface area contributed by atoms with Crippen molar-refractivity contribution in [1.82, 2.24) is 9.80 Å². The number of hydrogen-bond acceptors (Lipinski definition) is 5. The zero-order chi connectivity index (χ0) is 23.3. The van der Waals surface area contributed by atoms with Gasteiger partial charge < -0.3 is 9.64 Å². The molecule has 0 atom stereocenters. The molecule has 0 N–H and O–H groups in total. The molecule has 2 amide bonds. The molecule has 3 aromatic carbocycles. The number of carbonyl (C=O) groups is 2. The number of unbranched alkanes of at least 4 members (excludes halogenated alkanes) is 1. The summed E-state index contributed by atoms with van der Waals surface area (Å²) in [4.78, 5) is 31.2. The SMILES string of the molecule is O=C1c2ccccc2C(=O)N1CCCCN1CCN(c2ccccc2Oc2ccccc2)CC1. The molecule has 34 heavy (non-hydrogen) atoms. The van der Waals surface area contributed by atoms with Crippen LogP contribution in [0.5, 0.6) is 11.5 Å². The van der Waals surface area contributed by atoms with Gasteiger partial charge in [0.1, 0.15) is 5.75 Å². The summed E-state index contributed by atoms with van der Waals surface area (Å²) in [5.41, 5.74) is 2.18. The van der Waals surface area contributed by atoms with Gasteiger partial charge in [-0.25, -0.2) is 0 Å². The van der Waals surface area contributed by atoms with Gasteiger partial charge in [-0.2, -0.15) is 0 Å². The number of fused-ring (bicyclic) bond motifs is 1. The van der Waals surface area contributed by atoms with Gasteiger partial charge >= 0.3 is 0 Å². The van der Waals surface area contributed by atoms with Crippen molar-refractivity contribution in [2.24, 2.45) is 0 Å². The molecule has 1 fully saturated rings. The Morgan fingerprint density at radius 3 is 1.94 bits per heavy atom.